The summed E-state index contributed by atoms with van der Waals surface area (Å²) in [4.78, 5) is 9.15. The van der Waals surface area contributed by atoms with Crippen LogP contribution in [0.15, 0.2) is 27.7 Å². The Morgan fingerprint density at radius 1 is 1.19 bits per heavy atom. The summed E-state index contributed by atoms with van der Waals surface area (Å²) in [6.07, 6.45) is 2.80. The quantitative estimate of drug-likeness (QED) is 0.235. The molecule has 0 radical (unpaired) electrons. The molecule has 0 amide bonds. The number of rotatable bonds is 7. The Kier molecular flexibility index (Phi) is 12.5. The first-order chi connectivity index (χ1) is 12.6. The molecular weight excluding hydrogens is 524 g/mol. The summed E-state index contributed by atoms with van der Waals surface area (Å²) in [6, 6.07) is 5.24. The lowest BCUT2D eigenvalue weighted by Gasteiger charge is -2.21. The van der Waals surface area contributed by atoms with Crippen LogP contribution in [-0.2, 0) is 6.42 Å². The van der Waals surface area contributed by atoms with Crippen LogP contribution in [0.4, 0.5) is 4.39 Å². The lowest BCUT2D eigenvalue weighted by atomic mass is 10.1. The molecule has 0 atom stereocenters. The van der Waals surface area contributed by atoms with Gasteiger partial charge in [0.2, 0.25) is 0 Å². The Balaban J connectivity index is 0.00000364. The molecule has 27 heavy (non-hydrogen) atoms. The van der Waals surface area contributed by atoms with Gasteiger partial charge in [0.25, 0.3) is 0 Å². The number of aliphatic imine (C=N–C) groups is 1. The van der Waals surface area contributed by atoms with Crippen LogP contribution >= 0.6 is 39.9 Å². The van der Waals surface area contributed by atoms with Gasteiger partial charge in [-0.05, 0) is 57.1 Å². The van der Waals surface area contributed by atoms with E-state index in [2.05, 4.69) is 48.4 Å². The van der Waals surface area contributed by atoms with Gasteiger partial charge in [0.15, 0.2) is 5.96 Å². The molecule has 5 nitrogen and oxygen atoms in total. The summed E-state index contributed by atoms with van der Waals surface area (Å²) in [5, 5.41) is 6.68. The first kappa shape index (κ1) is 24.6. The normalized spacial score (nSPS) is 16.5. The standard InChI is InChI=1S/C19H31BrFN5.HI/c1-22-19(24-9-12-26-11-4-10-25(2)13-14-26)23-8-3-5-16-6-7-17(20)15-18(16)21;/h6-7,15H,3-5,8-14H2,1-2H3,(H2,22,23,24);1H. The number of hydrogen-bond acceptors (Lipinski definition) is 3. The molecule has 0 saturated carbocycles. The third-order valence-corrected chi connectivity index (χ3v) is 5.18. The van der Waals surface area contributed by atoms with E-state index in [4.69, 9.17) is 0 Å². The van der Waals surface area contributed by atoms with Gasteiger partial charge in [0.05, 0.1) is 0 Å². The van der Waals surface area contributed by atoms with Crippen LogP contribution in [0.25, 0.3) is 0 Å². The highest BCUT2D eigenvalue weighted by molar-refractivity contribution is 14.0. The van der Waals surface area contributed by atoms with Gasteiger partial charge in [0, 0.05) is 44.2 Å². The van der Waals surface area contributed by atoms with Crippen molar-refractivity contribution in [1.82, 2.24) is 20.4 Å². The van der Waals surface area contributed by atoms with Crippen molar-refractivity contribution < 1.29 is 4.39 Å². The average Bonchev–Trinajstić information content (AvgIpc) is 2.83. The van der Waals surface area contributed by atoms with Gasteiger partial charge in [-0.15, -0.1) is 24.0 Å². The lowest BCUT2D eigenvalue weighted by molar-refractivity contribution is 0.280. The summed E-state index contributed by atoms with van der Waals surface area (Å²) in [5.41, 5.74) is 0.754. The fourth-order valence-electron chi connectivity index (χ4n) is 3.09. The van der Waals surface area contributed by atoms with Crippen LogP contribution in [0.1, 0.15) is 18.4 Å². The first-order valence-electron chi connectivity index (χ1n) is 9.38. The largest absolute Gasteiger partial charge is 0.356 e. The topological polar surface area (TPSA) is 42.9 Å². The van der Waals surface area contributed by atoms with E-state index >= 15 is 0 Å². The maximum atomic E-state index is 13.8. The van der Waals surface area contributed by atoms with Crippen molar-refractivity contribution in [3.05, 3.63) is 34.1 Å². The summed E-state index contributed by atoms with van der Waals surface area (Å²) in [5.74, 6) is 0.665. The predicted octanol–water partition coefficient (Wildman–Crippen LogP) is 2.94. The van der Waals surface area contributed by atoms with Gasteiger partial charge in [-0.25, -0.2) is 4.39 Å². The summed E-state index contributed by atoms with van der Waals surface area (Å²) in [6.45, 7) is 7.29. The average molecular weight is 556 g/mol. The molecule has 1 aliphatic heterocycles. The van der Waals surface area contributed by atoms with Crippen LogP contribution in [0.3, 0.4) is 0 Å². The summed E-state index contributed by atoms with van der Waals surface area (Å²) >= 11 is 3.28. The highest BCUT2D eigenvalue weighted by atomic mass is 127. The van der Waals surface area contributed by atoms with E-state index in [0.717, 1.165) is 61.7 Å². The van der Waals surface area contributed by atoms with Gasteiger partial charge in [-0.1, -0.05) is 22.0 Å². The molecule has 2 N–H and O–H groups in total. The molecule has 8 heteroatoms. The van der Waals surface area contributed by atoms with E-state index in [1.165, 1.54) is 19.0 Å². The van der Waals surface area contributed by atoms with Gasteiger partial charge in [-0.2, -0.15) is 0 Å². The van der Waals surface area contributed by atoms with Gasteiger partial charge < -0.3 is 20.4 Å². The van der Waals surface area contributed by atoms with Crippen molar-refractivity contribution in [2.45, 2.75) is 19.3 Å². The Morgan fingerprint density at radius 3 is 2.70 bits per heavy atom. The van der Waals surface area contributed by atoms with Gasteiger partial charge in [-0.3, -0.25) is 4.99 Å². The third kappa shape index (κ3) is 9.54. The molecule has 1 aliphatic rings. The van der Waals surface area contributed by atoms with E-state index < -0.39 is 0 Å². The maximum Gasteiger partial charge on any atom is 0.191 e. The molecule has 1 aromatic rings. The SMILES string of the molecule is CN=C(NCCCc1ccc(Br)cc1F)NCCN1CCCN(C)CC1.I. The molecule has 0 bridgehead atoms. The fourth-order valence-corrected chi connectivity index (χ4v) is 3.42. The number of likely N-dealkylation sites (N-methyl/N-ethyl adjacent to an activating group) is 1. The minimum atomic E-state index is -0.148. The van der Waals surface area contributed by atoms with Gasteiger partial charge in [0.1, 0.15) is 5.82 Å². The Hall–Kier alpha value is -0.450. The number of benzene rings is 1. The molecule has 1 saturated heterocycles. The van der Waals surface area contributed by atoms with E-state index in [1.54, 1.807) is 7.05 Å². The number of nitrogens with one attached hydrogen (secondary N) is 2. The maximum absolute atomic E-state index is 13.8. The van der Waals surface area contributed by atoms with E-state index in [9.17, 15) is 4.39 Å². The number of aryl methyl sites for hydroxylation is 1. The molecule has 0 aromatic heterocycles. The van der Waals surface area contributed by atoms with Gasteiger partial charge >= 0.3 is 0 Å². The number of halogens is 3. The molecular formula is C19H32BrFIN5. The molecule has 154 valence electrons. The highest BCUT2D eigenvalue weighted by Crippen LogP contribution is 2.16. The van der Waals surface area contributed by atoms with Crippen LogP contribution in [-0.4, -0.2) is 75.7 Å². The van der Waals surface area contributed by atoms with Crippen molar-refractivity contribution in [2.75, 3.05) is 59.9 Å². The van der Waals surface area contributed by atoms with Crippen LogP contribution in [0.5, 0.6) is 0 Å². The number of hydrogen-bond donors (Lipinski definition) is 2. The van der Waals surface area contributed by atoms with Crippen molar-refractivity contribution >= 4 is 45.9 Å². The number of nitrogens with zero attached hydrogens (tertiary/aromatic N) is 3. The van der Waals surface area contributed by atoms with E-state index in [1.807, 2.05) is 12.1 Å². The third-order valence-electron chi connectivity index (χ3n) is 4.69. The van der Waals surface area contributed by atoms with Crippen molar-refractivity contribution in [2.24, 2.45) is 4.99 Å². The van der Waals surface area contributed by atoms with Crippen molar-refractivity contribution in [1.29, 1.82) is 0 Å². The monoisotopic (exact) mass is 555 g/mol. The van der Waals surface area contributed by atoms with Crippen molar-refractivity contribution in [3.63, 3.8) is 0 Å². The van der Waals surface area contributed by atoms with E-state index in [-0.39, 0.29) is 29.8 Å². The molecule has 1 aromatic carbocycles. The minimum absolute atomic E-state index is 0. The Morgan fingerprint density at radius 2 is 1.96 bits per heavy atom. The zero-order chi connectivity index (χ0) is 18.8. The second-order valence-electron chi connectivity index (χ2n) is 6.76. The van der Waals surface area contributed by atoms with Crippen LogP contribution in [0.2, 0.25) is 0 Å². The lowest BCUT2D eigenvalue weighted by Crippen LogP contribution is -2.42. The molecule has 0 aliphatic carbocycles. The predicted molar refractivity (Wildman–Crippen MR) is 126 cm³/mol. The molecule has 0 spiro atoms. The second-order valence-corrected chi connectivity index (χ2v) is 7.68. The summed E-state index contributed by atoms with van der Waals surface area (Å²) in [7, 11) is 3.97. The molecule has 1 heterocycles. The fraction of sp³-hybridized carbons (Fsp3) is 0.632. The minimum Gasteiger partial charge on any atom is -0.356 e. The smallest absolute Gasteiger partial charge is 0.191 e. The zero-order valence-corrected chi connectivity index (χ0v) is 20.2. The van der Waals surface area contributed by atoms with Crippen molar-refractivity contribution in [3.8, 4) is 0 Å². The summed E-state index contributed by atoms with van der Waals surface area (Å²) < 4.78 is 14.6. The number of guanidine groups is 1. The molecule has 0 unspecified atom stereocenters. The van der Waals surface area contributed by atoms with Crippen LogP contribution < -0.4 is 10.6 Å². The zero-order valence-electron chi connectivity index (χ0n) is 16.3. The molecule has 1 fully saturated rings. The second kappa shape index (κ2) is 13.7. The molecule has 2 rings (SSSR count). The highest BCUT2D eigenvalue weighted by Gasteiger charge is 2.11. The van der Waals surface area contributed by atoms with E-state index in [0.29, 0.717) is 6.42 Å². The Labute approximate surface area is 188 Å². The first-order valence-corrected chi connectivity index (χ1v) is 10.2. The van der Waals surface area contributed by atoms with Crippen LogP contribution in [0, 0.1) is 5.82 Å². The Bertz CT molecular complexity index is 587.